The van der Waals surface area contributed by atoms with E-state index in [2.05, 4.69) is 28.5 Å². The number of aliphatic imine (C=N–C) groups is 1. The maximum atomic E-state index is 14.9. The number of rotatable bonds is 8. The molecule has 0 bridgehead atoms. The third-order valence-corrected chi connectivity index (χ3v) is 6.68. The van der Waals surface area contributed by atoms with E-state index in [1.54, 1.807) is 6.21 Å². The first-order valence-electron chi connectivity index (χ1n) is 13.5. The zero-order valence-electron chi connectivity index (χ0n) is 23.2. The second-order valence-electron chi connectivity index (χ2n) is 10.0. The van der Waals surface area contributed by atoms with Crippen molar-refractivity contribution in [2.75, 3.05) is 0 Å². The van der Waals surface area contributed by atoms with E-state index >= 15 is 0 Å². The lowest BCUT2D eigenvalue weighted by atomic mass is 10.0. The molecular formula is C32H22F11NO. The lowest BCUT2D eigenvalue weighted by Gasteiger charge is -2.20. The Bertz CT molecular complexity index is 1650. The summed E-state index contributed by atoms with van der Waals surface area (Å²) in [4.78, 5) is 4.28. The third kappa shape index (κ3) is 7.85. The Morgan fingerprint density at radius 1 is 0.778 bits per heavy atom. The minimum atomic E-state index is -5.46. The Morgan fingerprint density at radius 2 is 1.36 bits per heavy atom. The van der Waals surface area contributed by atoms with Gasteiger partial charge in [0.2, 0.25) is 0 Å². The molecule has 13 heteroatoms. The summed E-state index contributed by atoms with van der Waals surface area (Å²) in [5.41, 5.74) is -5.76. The fraction of sp³-hybridized carbons (Fsp3) is 0.281. The van der Waals surface area contributed by atoms with Crippen molar-refractivity contribution in [3.05, 3.63) is 99.6 Å². The van der Waals surface area contributed by atoms with Crippen LogP contribution in [0.5, 0.6) is 5.75 Å². The van der Waals surface area contributed by atoms with Gasteiger partial charge in [-0.05, 0) is 54.7 Å². The fourth-order valence-electron chi connectivity index (χ4n) is 4.57. The SMILES string of the molecule is CCCCCC1=CCC(C#Cc2cc(F)c(C(F)(F)Oc3cc(F)c(-c4cc(F)c(C(F)(F)F)c(F)c4)c(F)c3)c(F)c2)N=C1. The van der Waals surface area contributed by atoms with Gasteiger partial charge in [-0.25, -0.2) is 26.3 Å². The molecule has 0 saturated carbocycles. The van der Waals surface area contributed by atoms with Gasteiger partial charge in [0.15, 0.2) is 0 Å². The number of hydrogen-bond donors (Lipinski definition) is 0. The normalized spacial score (nSPS) is 15.0. The van der Waals surface area contributed by atoms with Gasteiger partial charge in [0.1, 0.15) is 57.8 Å². The predicted octanol–water partition coefficient (Wildman–Crippen LogP) is 10.0. The fourth-order valence-corrected chi connectivity index (χ4v) is 4.57. The standard InChI is InChI=1S/C32H22F11NO/c1-2-3-4-5-17-6-8-20(44-16-17)9-7-18-10-24(35)30(25(36)11-18)32(42,43)45-21-14-22(33)28(23(34)15-21)19-12-26(37)29(27(38)13-19)31(39,40)41/h6,10-16,20H,2-5,8H2,1H3. The number of allylic oxidation sites excluding steroid dienone is 1. The van der Waals surface area contributed by atoms with E-state index in [4.69, 9.17) is 0 Å². The number of nitrogens with zero attached hydrogens (tertiary/aromatic N) is 1. The number of unbranched alkanes of at least 4 members (excludes halogenated alkanes) is 2. The maximum Gasteiger partial charge on any atom is 0.432 e. The number of dihydropyridines is 1. The number of alkyl halides is 5. The molecule has 1 aliphatic heterocycles. The monoisotopic (exact) mass is 645 g/mol. The van der Waals surface area contributed by atoms with E-state index in [1.807, 2.05) is 6.08 Å². The summed E-state index contributed by atoms with van der Waals surface area (Å²) in [5.74, 6) is -7.63. The van der Waals surface area contributed by atoms with Gasteiger partial charge in [-0.2, -0.15) is 22.0 Å². The van der Waals surface area contributed by atoms with Crippen LogP contribution >= 0.6 is 0 Å². The molecule has 0 radical (unpaired) electrons. The molecule has 2 nitrogen and oxygen atoms in total. The molecule has 4 rings (SSSR count). The first-order chi connectivity index (χ1) is 21.1. The van der Waals surface area contributed by atoms with E-state index in [0.717, 1.165) is 31.3 Å². The molecule has 0 aliphatic carbocycles. The zero-order chi connectivity index (χ0) is 33.1. The van der Waals surface area contributed by atoms with E-state index in [-0.39, 0.29) is 29.8 Å². The van der Waals surface area contributed by atoms with Gasteiger partial charge in [0, 0.05) is 23.9 Å². The summed E-state index contributed by atoms with van der Waals surface area (Å²) in [5, 5.41) is 0. The molecule has 0 saturated heterocycles. The summed E-state index contributed by atoms with van der Waals surface area (Å²) < 4.78 is 159. The largest absolute Gasteiger partial charge is 0.432 e. The van der Waals surface area contributed by atoms with Crippen LogP contribution in [0.25, 0.3) is 11.1 Å². The molecule has 0 N–H and O–H groups in total. The summed E-state index contributed by atoms with van der Waals surface area (Å²) in [6.07, 6.45) is -2.23. The molecule has 1 heterocycles. The average Bonchev–Trinajstić information content (AvgIpc) is 2.90. The lowest BCUT2D eigenvalue weighted by molar-refractivity contribution is -0.189. The van der Waals surface area contributed by atoms with Crippen LogP contribution in [-0.2, 0) is 12.3 Å². The van der Waals surface area contributed by atoms with Crippen LogP contribution in [0.2, 0.25) is 0 Å². The van der Waals surface area contributed by atoms with E-state index in [1.165, 1.54) is 0 Å². The van der Waals surface area contributed by atoms with Crippen LogP contribution in [-0.4, -0.2) is 12.3 Å². The van der Waals surface area contributed by atoms with Crippen LogP contribution in [0, 0.1) is 46.7 Å². The minimum Gasteiger partial charge on any atom is -0.429 e. The van der Waals surface area contributed by atoms with Crippen LogP contribution in [0.15, 0.2) is 53.0 Å². The Balaban J connectivity index is 1.53. The summed E-state index contributed by atoms with van der Waals surface area (Å²) >= 11 is 0. The van der Waals surface area contributed by atoms with Crippen LogP contribution in [0.4, 0.5) is 48.3 Å². The smallest absolute Gasteiger partial charge is 0.429 e. The molecule has 0 aromatic heterocycles. The highest BCUT2D eigenvalue weighted by Crippen LogP contribution is 2.40. The quantitative estimate of drug-likeness (QED) is 0.136. The van der Waals surface area contributed by atoms with Gasteiger partial charge in [-0.3, -0.25) is 4.99 Å². The van der Waals surface area contributed by atoms with Gasteiger partial charge in [0.25, 0.3) is 0 Å². The van der Waals surface area contributed by atoms with Crippen molar-refractivity contribution in [2.45, 2.75) is 57.4 Å². The van der Waals surface area contributed by atoms with Crippen molar-refractivity contribution in [2.24, 2.45) is 4.99 Å². The van der Waals surface area contributed by atoms with E-state index in [0.29, 0.717) is 18.6 Å². The number of hydrogen-bond acceptors (Lipinski definition) is 2. The van der Waals surface area contributed by atoms with Gasteiger partial charge in [-0.15, -0.1) is 0 Å². The van der Waals surface area contributed by atoms with Crippen molar-refractivity contribution >= 4 is 6.21 Å². The minimum absolute atomic E-state index is 0.000921. The molecular weight excluding hydrogens is 623 g/mol. The third-order valence-electron chi connectivity index (χ3n) is 6.68. The number of benzene rings is 3. The van der Waals surface area contributed by atoms with Crippen LogP contribution < -0.4 is 4.74 Å². The van der Waals surface area contributed by atoms with Crippen molar-refractivity contribution < 1.29 is 53.0 Å². The maximum absolute atomic E-state index is 14.9. The molecule has 0 amide bonds. The first-order valence-corrected chi connectivity index (χ1v) is 13.5. The molecule has 1 aliphatic rings. The Morgan fingerprint density at radius 3 is 1.87 bits per heavy atom. The highest BCUT2D eigenvalue weighted by atomic mass is 19.4. The highest BCUT2D eigenvalue weighted by Gasteiger charge is 2.42. The second-order valence-corrected chi connectivity index (χ2v) is 10.0. The van der Waals surface area contributed by atoms with Crippen molar-refractivity contribution in [1.29, 1.82) is 0 Å². The molecule has 0 spiro atoms. The number of halogens is 11. The average molecular weight is 646 g/mol. The van der Waals surface area contributed by atoms with Gasteiger partial charge < -0.3 is 4.74 Å². The summed E-state index contributed by atoms with van der Waals surface area (Å²) in [6.45, 7) is 2.08. The Hall–Kier alpha value is -4.34. The van der Waals surface area contributed by atoms with E-state index < -0.39 is 81.2 Å². The topological polar surface area (TPSA) is 21.6 Å². The lowest BCUT2D eigenvalue weighted by Crippen LogP contribution is -2.25. The predicted molar refractivity (Wildman–Crippen MR) is 144 cm³/mol. The zero-order valence-corrected chi connectivity index (χ0v) is 23.2. The van der Waals surface area contributed by atoms with Crippen LogP contribution in [0.3, 0.4) is 0 Å². The molecule has 3 aromatic carbocycles. The Kier molecular flexibility index (Phi) is 9.95. The first kappa shape index (κ1) is 33.6. The van der Waals surface area contributed by atoms with Gasteiger partial charge >= 0.3 is 12.3 Å². The summed E-state index contributed by atoms with van der Waals surface area (Å²) in [7, 11) is 0. The van der Waals surface area contributed by atoms with Crippen molar-refractivity contribution in [3.63, 3.8) is 0 Å². The van der Waals surface area contributed by atoms with Crippen molar-refractivity contribution in [3.8, 4) is 28.7 Å². The summed E-state index contributed by atoms with van der Waals surface area (Å²) in [6, 6.07) is 0.715. The molecule has 238 valence electrons. The van der Waals surface area contributed by atoms with Crippen molar-refractivity contribution in [1.82, 2.24) is 0 Å². The Labute approximate surface area is 250 Å². The van der Waals surface area contributed by atoms with Crippen LogP contribution in [0.1, 0.15) is 55.7 Å². The van der Waals surface area contributed by atoms with Gasteiger partial charge in [0.05, 0.1) is 5.56 Å². The highest BCUT2D eigenvalue weighted by molar-refractivity contribution is 5.79. The van der Waals surface area contributed by atoms with E-state index in [9.17, 15) is 48.3 Å². The number of ether oxygens (including phenoxy) is 1. The molecule has 0 fully saturated rings. The molecule has 1 unspecified atom stereocenters. The molecule has 1 atom stereocenters. The van der Waals surface area contributed by atoms with Gasteiger partial charge in [-0.1, -0.05) is 37.7 Å². The second kappa shape index (κ2) is 13.3. The molecule has 45 heavy (non-hydrogen) atoms. The molecule has 3 aromatic rings.